The Morgan fingerprint density at radius 1 is 1.35 bits per heavy atom. The molecule has 1 N–H and O–H groups in total. The first kappa shape index (κ1) is 17.9. The number of thiazole rings is 1. The summed E-state index contributed by atoms with van der Waals surface area (Å²) in [5, 5.41) is 15.0. The van der Waals surface area contributed by atoms with E-state index in [2.05, 4.69) is 10.1 Å². The van der Waals surface area contributed by atoms with Crippen LogP contribution in [0, 0.1) is 0 Å². The van der Waals surface area contributed by atoms with Crippen molar-refractivity contribution in [2.45, 2.75) is 12.7 Å². The molecule has 10 heteroatoms. The van der Waals surface area contributed by atoms with Crippen molar-refractivity contribution < 1.29 is 27.8 Å². The summed E-state index contributed by atoms with van der Waals surface area (Å²) in [6.07, 6.45) is -1.92. The number of halogens is 3. The fraction of sp³-hybridized carbons (Fsp3) is 0.188. The lowest BCUT2D eigenvalue weighted by Gasteiger charge is -2.10. The number of ether oxygens (including phenoxy) is 1. The minimum atomic E-state index is -4.50. The quantitative estimate of drug-likeness (QED) is 0.726. The highest BCUT2D eigenvalue weighted by molar-refractivity contribution is 7.09. The van der Waals surface area contributed by atoms with Gasteiger partial charge in [0.1, 0.15) is 10.8 Å². The molecule has 3 aromatic rings. The summed E-state index contributed by atoms with van der Waals surface area (Å²) in [7, 11) is 1.30. The van der Waals surface area contributed by atoms with Crippen LogP contribution in [0.5, 0.6) is 5.75 Å². The van der Waals surface area contributed by atoms with E-state index in [1.54, 1.807) is 5.38 Å². The molecule has 0 aliphatic rings. The molecule has 0 spiro atoms. The molecule has 0 aliphatic carbocycles. The van der Waals surface area contributed by atoms with E-state index < -0.39 is 17.7 Å². The highest BCUT2D eigenvalue weighted by Gasteiger charge is 2.31. The first-order valence-electron chi connectivity index (χ1n) is 7.23. The molecule has 0 aliphatic heterocycles. The Labute approximate surface area is 149 Å². The van der Waals surface area contributed by atoms with Gasteiger partial charge in [0.25, 0.3) is 0 Å². The zero-order chi connectivity index (χ0) is 18.9. The lowest BCUT2D eigenvalue weighted by Crippen LogP contribution is -2.05. The minimum absolute atomic E-state index is 0.0457. The van der Waals surface area contributed by atoms with Crippen LogP contribution in [0.25, 0.3) is 11.3 Å². The van der Waals surface area contributed by atoms with Crippen LogP contribution in [0.15, 0.2) is 36.0 Å². The van der Waals surface area contributed by atoms with Gasteiger partial charge in [-0.1, -0.05) is 0 Å². The van der Waals surface area contributed by atoms with Gasteiger partial charge in [-0.25, -0.2) is 9.78 Å². The molecular formula is C16H12F3N3O3S. The summed E-state index contributed by atoms with van der Waals surface area (Å²) < 4.78 is 45.4. The molecule has 0 saturated carbocycles. The molecule has 3 rings (SSSR count). The Balaban J connectivity index is 1.88. The van der Waals surface area contributed by atoms with Crippen molar-refractivity contribution in [3.05, 3.63) is 52.1 Å². The molecule has 136 valence electrons. The number of carbonyl (C=O) groups is 1. The molecule has 0 amide bonds. The van der Waals surface area contributed by atoms with Gasteiger partial charge >= 0.3 is 12.1 Å². The maximum Gasteiger partial charge on any atom is 0.416 e. The third kappa shape index (κ3) is 3.85. The van der Waals surface area contributed by atoms with Crippen LogP contribution in [-0.2, 0) is 12.7 Å². The lowest BCUT2D eigenvalue weighted by atomic mass is 10.1. The van der Waals surface area contributed by atoms with E-state index in [9.17, 15) is 18.0 Å². The predicted octanol–water partition coefficient (Wildman–Crippen LogP) is 3.78. The average molecular weight is 383 g/mol. The van der Waals surface area contributed by atoms with Crippen LogP contribution in [0.1, 0.15) is 20.9 Å². The number of carboxylic acid groups (broad SMARTS) is 1. The molecule has 0 unspecified atom stereocenters. The number of hydrogen-bond acceptors (Lipinski definition) is 5. The van der Waals surface area contributed by atoms with Gasteiger partial charge in [0, 0.05) is 17.1 Å². The molecule has 1 aromatic carbocycles. The van der Waals surface area contributed by atoms with E-state index in [1.807, 2.05) is 0 Å². The fourth-order valence-electron chi connectivity index (χ4n) is 2.24. The number of aromatic carboxylic acids is 1. The summed E-state index contributed by atoms with van der Waals surface area (Å²) in [6, 6.07) is 3.41. The van der Waals surface area contributed by atoms with Crippen molar-refractivity contribution in [1.29, 1.82) is 0 Å². The SMILES string of the molecule is COc1cc(-c2csc(Cn3cc(C(=O)O)cn3)n2)cc(C(F)(F)F)c1. The molecule has 0 saturated heterocycles. The third-order valence-electron chi connectivity index (χ3n) is 3.49. The Hall–Kier alpha value is -2.88. The Kier molecular flexibility index (Phi) is 4.68. The standard InChI is InChI=1S/C16H12F3N3O3S/c1-25-12-3-9(2-11(4-12)16(17,18)19)13-8-26-14(21-13)7-22-6-10(5-20-22)15(23)24/h2-6,8H,7H2,1H3,(H,23,24). The molecule has 0 bridgehead atoms. The zero-order valence-corrected chi connectivity index (χ0v) is 14.1. The Bertz CT molecular complexity index is 950. The predicted molar refractivity (Wildman–Crippen MR) is 87.4 cm³/mol. The number of benzene rings is 1. The molecule has 26 heavy (non-hydrogen) atoms. The van der Waals surface area contributed by atoms with Gasteiger partial charge in [-0.3, -0.25) is 4.68 Å². The summed E-state index contributed by atoms with van der Waals surface area (Å²) in [5.41, 5.74) is -0.116. The zero-order valence-electron chi connectivity index (χ0n) is 13.3. The van der Waals surface area contributed by atoms with Gasteiger partial charge in [0.05, 0.1) is 36.7 Å². The number of aromatic nitrogens is 3. The second-order valence-electron chi connectivity index (χ2n) is 5.31. The van der Waals surface area contributed by atoms with Crippen molar-refractivity contribution in [2.24, 2.45) is 0 Å². The van der Waals surface area contributed by atoms with Gasteiger partial charge < -0.3 is 9.84 Å². The minimum Gasteiger partial charge on any atom is -0.497 e. The largest absolute Gasteiger partial charge is 0.497 e. The second-order valence-corrected chi connectivity index (χ2v) is 6.25. The Morgan fingerprint density at radius 2 is 2.12 bits per heavy atom. The molecule has 2 heterocycles. The maximum atomic E-state index is 13.0. The van der Waals surface area contributed by atoms with Gasteiger partial charge in [-0.15, -0.1) is 11.3 Å². The smallest absolute Gasteiger partial charge is 0.416 e. The topological polar surface area (TPSA) is 77.2 Å². The summed E-state index contributed by atoms with van der Waals surface area (Å²) in [6.45, 7) is 0.216. The first-order valence-corrected chi connectivity index (χ1v) is 8.11. The number of methoxy groups -OCH3 is 1. The number of alkyl halides is 3. The van der Waals surface area contributed by atoms with Crippen LogP contribution in [0.2, 0.25) is 0 Å². The van der Waals surface area contributed by atoms with E-state index in [0.29, 0.717) is 10.7 Å². The molecular weight excluding hydrogens is 371 g/mol. The van der Waals surface area contributed by atoms with E-state index >= 15 is 0 Å². The van der Waals surface area contributed by atoms with Crippen LogP contribution in [0.4, 0.5) is 13.2 Å². The van der Waals surface area contributed by atoms with Gasteiger partial charge in [0.15, 0.2) is 0 Å². The van der Waals surface area contributed by atoms with Gasteiger partial charge in [0.2, 0.25) is 0 Å². The molecule has 0 atom stereocenters. The van der Waals surface area contributed by atoms with Gasteiger partial charge in [-0.2, -0.15) is 18.3 Å². The molecule has 0 fully saturated rings. The van der Waals surface area contributed by atoms with E-state index in [0.717, 1.165) is 12.1 Å². The summed E-state index contributed by atoms with van der Waals surface area (Å²) >= 11 is 1.24. The van der Waals surface area contributed by atoms with Crippen molar-refractivity contribution >= 4 is 17.3 Å². The fourth-order valence-corrected chi connectivity index (χ4v) is 3.04. The van der Waals surface area contributed by atoms with Crippen molar-refractivity contribution in [2.75, 3.05) is 7.11 Å². The molecule has 0 radical (unpaired) electrons. The highest BCUT2D eigenvalue weighted by atomic mass is 32.1. The Morgan fingerprint density at radius 3 is 2.73 bits per heavy atom. The van der Waals surface area contributed by atoms with Crippen molar-refractivity contribution in [1.82, 2.24) is 14.8 Å². The van der Waals surface area contributed by atoms with Crippen LogP contribution < -0.4 is 4.74 Å². The number of carboxylic acids is 1. The second kappa shape index (κ2) is 6.79. The highest BCUT2D eigenvalue weighted by Crippen LogP contribution is 2.35. The van der Waals surface area contributed by atoms with Crippen molar-refractivity contribution in [3.63, 3.8) is 0 Å². The molecule has 6 nitrogen and oxygen atoms in total. The van der Waals surface area contributed by atoms with Crippen molar-refractivity contribution in [3.8, 4) is 17.0 Å². The van der Waals surface area contributed by atoms with Crippen LogP contribution in [0.3, 0.4) is 0 Å². The average Bonchev–Trinajstić information content (AvgIpc) is 3.23. The first-order chi connectivity index (χ1) is 12.3. The summed E-state index contributed by atoms with van der Waals surface area (Å²) in [5.74, 6) is -1.00. The number of nitrogens with zero attached hydrogens (tertiary/aromatic N) is 3. The van der Waals surface area contributed by atoms with Crippen LogP contribution in [-0.4, -0.2) is 33.0 Å². The summed E-state index contributed by atoms with van der Waals surface area (Å²) in [4.78, 5) is 15.2. The van der Waals surface area contributed by atoms with Crippen LogP contribution >= 0.6 is 11.3 Å². The third-order valence-corrected chi connectivity index (χ3v) is 4.33. The normalized spacial score (nSPS) is 11.5. The maximum absolute atomic E-state index is 13.0. The monoisotopic (exact) mass is 383 g/mol. The number of hydrogen-bond donors (Lipinski definition) is 1. The van der Waals surface area contributed by atoms with E-state index in [4.69, 9.17) is 9.84 Å². The number of rotatable bonds is 5. The lowest BCUT2D eigenvalue weighted by molar-refractivity contribution is -0.137. The van der Waals surface area contributed by atoms with E-state index in [-0.39, 0.29) is 23.4 Å². The molecule has 2 aromatic heterocycles. The van der Waals surface area contributed by atoms with E-state index in [1.165, 1.54) is 41.6 Å². The van der Waals surface area contributed by atoms with Gasteiger partial charge in [-0.05, 0) is 18.2 Å².